The van der Waals surface area contributed by atoms with Crippen molar-refractivity contribution in [2.45, 2.75) is 5.60 Å². The van der Waals surface area contributed by atoms with Crippen LogP contribution in [0.15, 0.2) is 85.3 Å². The normalized spacial score (nSPS) is 14.7. The number of aryl methyl sites for hydroxylation is 1. The van der Waals surface area contributed by atoms with E-state index in [1.54, 1.807) is 24.7 Å². The summed E-state index contributed by atoms with van der Waals surface area (Å²) in [5.74, 6) is 2.73. The lowest BCUT2D eigenvalue weighted by atomic mass is 9.81. The fourth-order valence-electron chi connectivity index (χ4n) is 4.66. The Morgan fingerprint density at radius 2 is 1.79 bits per heavy atom. The number of halogens is 1. The molecule has 0 amide bonds. The standard InChI is InChI=1S/C29H24ClN3O/c1-4-20-6-5-7-21(16-20)25-14-15-32(2)27-13-10-23(17-26(25)27)29(34,28-18-31-19-33(28)3)22-8-11-24(30)12-9-22/h1,5-14,16-19,34H,15H2,2-3H3. The van der Waals surface area contributed by atoms with Gasteiger partial charge in [0.2, 0.25) is 0 Å². The molecule has 3 aromatic carbocycles. The Morgan fingerprint density at radius 1 is 1.03 bits per heavy atom. The fraction of sp³-hybridized carbons (Fsp3) is 0.138. The van der Waals surface area contributed by atoms with Crippen LogP contribution in [0.3, 0.4) is 0 Å². The van der Waals surface area contributed by atoms with Crippen molar-refractivity contribution in [2.75, 3.05) is 18.5 Å². The number of hydrogen-bond donors (Lipinski definition) is 1. The number of aromatic nitrogens is 2. The molecular formula is C29H24ClN3O. The van der Waals surface area contributed by atoms with Crippen LogP contribution in [0.2, 0.25) is 5.02 Å². The molecule has 1 N–H and O–H groups in total. The average molecular weight is 466 g/mol. The number of aliphatic hydroxyl groups is 1. The number of anilines is 1. The molecule has 0 spiro atoms. The van der Waals surface area contributed by atoms with Gasteiger partial charge < -0.3 is 14.6 Å². The Bertz CT molecular complexity index is 1440. The summed E-state index contributed by atoms with van der Waals surface area (Å²) in [6.07, 6.45) is 11.3. The topological polar surface area (TPSA) is 41.3 Å². The van der Waals surface area contributed by atoms with Gasteiger partial charge in [-0.25, -0.2) is 4.98 Å². The quantitative estimate of drug-likeness (QED) is 0.420. The second-order valence-corrected chi connectivity index (χ2v) is 9.00. The van der Waals surface area contributed by atoms with Crippen LogP contribution in [0.4, 0.5) is 5.69 Å². The summed E-state index contributed by atoms with van der Waals surface area (Å²) >= 11 is 6.16. The second kappa shape index (κ2) is 8.53. The molecule has 4 nitrogen and oxygen atoms in total. The van der Waals surface area contributed by atoms with Crippen molar-refractivity contribution in [1.82, 2.24) is 9.55 Å². The molecule has 0 aliphatic carbocycles. The van der Waals surface area contributed by atoms with Gasteiger partial charge in [0.25, 0.3) is 0 Å². The first-order chi connectivity index (χ1) is 16.4. The van der Waals surface area contributed by atoms with Gasteiger partial charge in [0, 0.05) is 42.5 Å². The van der Waals surface area contributed by atoms with Crippen molar-refractivity contribution >= 4 is 22.9 Å². The molecule has 1 unspecified atom stereocenters. The molecule has 0 fully saturated rings. The van der Waals surface area contributed by atoms with E-state index in [-0.39, 0.29) is 0 Å². The first-order valence-corrected chi connectivity index (χ1v) is 11.4. The van der Waals surface area contributed by atoms with E-state index in [9.17, 15) is 5.11 Å². The number of imidazole rings is 1. The molecule has 1 aliphatic rings. The van der Waals surface area contributed by atoms with Crippen molar-refractivity contribution < 1.29 is 5.11 Å². The van der Waals surface area contributed by atoms with Gasteiger partial charge in [-0.2, -0.15) is 0 Å². The Balaban J connectivity index is 1.73. The Hall–Kier alpha value is -3.78. The van der Waals surface area contributed by atoms with Crippen LogP contribution in [-0.4, -0.2) is 28.3 Å². The molecule has 0 saturated carbocycles. The number of likely N-dealkylation sites (N-methyl/N-ethyl adjacent to an activating group) is 1. The van der Waals surface area contributed by atoms with Gasteiger partial charge in [-0.3, -0.25) is 0 Å². The largest absolute Gasteiger partial charge is 0.374 e. The summed E-state index contributed by atoms with van der Waals surface area (Å²) in [6, 6.07) is 21.4. The molecule has 4 aromatic rings. The van der Waals surface area contributed by atoms with Gasteiger partial charge >= 0.3 is 0 Å². The highest BCUT2D eigenvalue weighted by Crippen LogP contribution is 2.42. The smallest absolute Gasteiger partial charge is 0.156 e. The molecule has 5 heteroatoms. The van der Waals surface area contributed by atoms with Crippen LogP contribution in [0.5, 0.6) is 0 Å². The van der Waals surface area contributed by atoms with E-state index in [0.717, 1.165) is 40.1 Å². The molecule has 0 radical (unpaired) electrons. The van der Waals surface area contributed by atoms with E-state index in [1.165, 1.54) is 0 Å². The number of nitrogens with zero attached hydrogens (tertiary/aromatic N) is 3. The number of hydrogen-bond acceptors (Lipinski definition) is 3. The van der Waals surface area contributed by atoms with Crippen LogP contribution in [-0.2, 0) is 12.6 Å². The summed E-state index contributed by atoms with van der Waals surface area (Å²) in [4.78, 5) is 6.47. The highest BCUT2D eigenvalue weighted by molar-refractivity contribution is 6.30. The molecule has 0 bridgehead atoms. The first-order valence-electron chi connectivity index (χ1n) is 11.0. The lowest BCUT2D eigenvalue weighted by Gasteiger charge is -2.33. The van der Waals surface area contributed by atoms with Crippen molar-refractivity contribution in [3.8, 4) is 12.3 Å². The molecule has 1 aliphatic heterocycles. The van der Waals surface area contributed by atoms with E-state index >= 15 is 0 Å². The zero-order valence-electron chi connectivity index (χ0n) is 19.0. The summed E-state index contributed by atoms with van der Waals surface area (Å²) < 4.78 is 1.84. The van der Waals surface area contributed by atoms with Gasteiger partial charge in [-0.15, -0.1) is 6.42 Å². The van der Waals surface area contributed by atoms with Gasteiger partial charge in [0.05, 0.1) is 18.2 Å². The van der Waals surface area contributed by atoms with Gasteiger partial charge in [0.15, 0.2) is 5.60 Å². The van der Waals surface area contributed by atoms with E-state index in [0.29, 0.717) is 16.3 Å². The lowest BCUT2D eigenvalue weighted by Crippen LogP contribution is -2.32. The minimum atomic E-state index is -1.42. The lowest BCUT2D eigenvalue weighted by molar-refractivity contribution is 0.117. The number of terminal acetylenes is 1. The second-order valence-electron chi connectivity index (χ2n) is 8.56. The van der Waals surface area contributed by atoms with Crippen LogP contribution in [0, 0.1) is 12.3 Å². The van der Waals surface area contributed by atoms with Gasteiger partial charge in [-0.05, 0) is 58.7 Å². The first kappa shape index (κ1) is 22.0. The highest BCUT2D eigenvalue weighted by atomic mass is 35.5. The summed E-state index contributed by atoms with van der Waals surface area (Å²) in [7, 11) is 3.95. The van der Waals surface area contributed by atoms with Crippen molar-refractivity contribution in [2.24, 2.45) is 7.05 Å². The van der Waals surface area contributed by atoms with Crippen molar-refractivity contribution in [3.05, 3.63) is 124 Å². The summed E-state index contributed by atoms with van der Waals surface area (Å²) in [6.45, 7) is 0.783. The maximum absolute atomic E-state index is 12.3. The Labute approximate surface area is 204 Å². The predicted octanol–water partition coefficient (Wildman–Crippen LogP) is 5.22. The SMILES string of the molecule is C#Cc1cccc(C2=CCN(C)c3ccc(C(O)(c4ccc(Cl)cc4)c4cncn4C)cc32)c1. The van der Waals surface area contributed by atoms with Crippen molar-refractivity contribution in [1.29, 1.82) is 0 Å². The zero-order valence-corrected chi connectivity index (χ0v) is 19.8. The monoisotopic (exact) mass is 465 g/mol. The molecular weight excluding hydrogens is 442 g/mol. The van der Waals surface area contributed by atoms with Gasteiger partial charge in [-0.1, -0.05) is 53.9 Å². The zero-order chi connectivity index (χ0) is 23.9. The summed E-state index contributed by atoms with van der Waals surface area (Å²) in [5.41, 5.74) is 5.81. The molecule has 1 atom stereocenters. The van der Waals surface area contributed by atoms with Crippen LogP contribution < -0.4 is 4.90 Å². The van der Waals surface area contributed by atoms with Crippen LogP contribution in [0.1, 0.15) is 33.5 Å². The van der Waals surface area contributed by atoms with Crippen molar-refractivity contribution in [3.63, 3.8) is 0 Å². The average Bonchev–Trinajstić information content (AvgIpc) is 3.30. The fourth-order valence-corrected chi connectivity index (χ4v) is 4.78. The number of fused-ring (bicyclic) bond motifs is 1. The highest BCUT2D eigenvalue weighted by Gasteiger charge is 2.37. The maximum atomic E-state index is 12.3. The Kier molecular flexibility index (Phi) is 5.53. The minimum Gasteiger partial charge on any atom is -0.374 e. The molecule has 168 valence electrons. The molecule has 1 aromatic heterocycles. The number of benzene rings is 3. The third kappa shape index (κ3) is 3.60. The van der Waals surface area contributed by atoms with E-state index in [1.807, 2.05) is 48.0 Å². The predicted molar refractivity (Wildman–Crippen MR) is 138 cm³/mol. The third-order valence-corrected chi connectivity index (χ3v) is 6.73. The molecule has 5 rings (SSSR count). The van der Waals surface area contributed by atoms with E-state index in [4.69, 9.17) is 18.0 Å². The number of rotatable bonds is 4. The molecule has 2 heterocycles. The van der Waals surface area contributed by atoms with E-state index in [2.05, 4.69) is 47.1 Å². The summed E-state index contributed by atoms with van der Waals surface area (Å²) in [5, 5.41) is 12.9. The molecule has 0 saturated heterocycles. The molecule has 34 heavy (non-hydrogen) atoms. The third-order valence-electron chi connectivity index (χ3n) is 6.47. The Morgan fingerprint density at radius 3 is 2.50 bits per heavy atom. The van der Waals surface area contributed by atoms with Crippen LogP contribution in [0.25, 0.3) is 5.57 Å². The van der Waals surface area contributed by atoms with E-state index < -0.39 is 5.60 Å². The van der Waals surface area contributed by atoms with Crippen LogP contribution >= 0.6 is 11.6 Å². The minimum absolute atomic E-state index is 0.613. The van der Waals surface area contributed by atoms with Gasteiger partial charge in [0.1, 0.15) is 0 Å². The maximum Gasteiger partial charge on any atom is 0.156 e.